The number of hydrogen-bond donors (Lipinski definition) is 1. The molecule has 2 rings (SSSR count). The maximum atomic E-state index is 12.4. The lowest BCUT2D eigenvalue weighted by Crippen LogP contribution is -2.47. The maximum Gasteiger partial charge on any atom is 0.327 e. The van der Waals surface area contributed by atoms with Crippen LogP contribution in [0.25, 0.3) is 0 Å². The predicted molar refractivity (Wildman–Crippen MR) is 77.4 cm³/mol. The summed E-state index contributed by atoms with van der Waals surface area (Å²) in [4.78, 5) is 26.4. The van der Waals surface area contributed by atoms with Gasteiger partial charge < -0.3 is 14.7 Å². The quantitative estimate of drug-likeness (QED) is 0.919. The van der Waals surface area contributed by atoms with Crippen molar-refractivity contribution in [1.29, 1.82) is 0 Å². The first kappa shape index (κ1) is 14.5. The van der Waals surface area contributed by atoms with E-state index >= 15 is 0 Å². The van der Waals surface area contributed by atoms with E-state index in [0.717, 1.165) is 0 Å². The molecule has 1 aliphatic heterocycles. The lowest BCUT2D eigenvalue weighted by Gasteiger charge is -2.27. The van der Waals surface area contributed by atoms with Gasteiger partial charge in [-0.3, -0.25) is 4.90 Å². The zero-order valence-corrected chi connectivity index (χ0v) is 12.1. The van der Waals surface area contributed by atoms with Crippen LogP contribution in [-0.2, 0) is 4.79 Å². The van der Waals surface area contributed by atoms with Crippen LogP contribution in [0.1, 0.15) is 0 Å². The molecule has 1 heterocycles. The van der Waals surface area contributed by atoms with Gasteiger partial charge in [0.15, 0.2) is 0 Å². The van der Waals surface area contributed by atoms with Crippen molar-refractivity contribution in [2.75, 3.05) is 30.7 Å². The fraction of sp³-hybridized carbons (Fsp3) is 0.385. The Hall–Kier alpha value is -1.89. The van der Waals surface area contributed by atoms with E-state index in [4.69, 9.17) is 9.84 Å². The minimum atomic E-state index is -0.975. The Kier molecular flexibility index (Phi) is 4.39. The van der Waals surface area contributed by atoms with Gasteiger partial charge in [-0.05, 0) is 12.1 Å². The first-order chi connectivity index (χ1) is 9.56. The van der Waals surface area contributed by atoms with Gasteiger partial charge in [0.05, 0.1) is 18.7 Å². The van der Waals surface area contributed by atoms with Crippen LogP contribution in [-0.4, -0.2) is 53.8 Å². The van der Waals surface area contributed by atoms with Crippen molar-refractivity contribution in [2.24, 2.45) is 0 Å². The number of carboxylic acid groups (broad SMARTS) is 1. The summed E-state index contributed by atoms with van der Waals surface area (Å²) in [5.74, 6) is 0.398. The number of carboxylic acids is 1. The summed E-state index contributed by atoms with van der Waals surface area (Å²) in [6.07, 6.45) is 0. The molecule has 1 fully saturated rings. The molecule has 1 aromatic carbocycles. The zero-order valence-electron chi connectivity index (χ0n) is 11.3. The minimum Gasteiger partial charge on any atom is -0.495 e. The van der Waals surface area contributed by atoms with E-state index in [9.17, 15) is 9.59 Å². The fourth-order valence-electron chi connectivity index (χ4n) is 2.04. The monoisotopic (exact) mass is 296 g/mol. The number of thioether (sulfide) groups is 1. The molecule has 1 saturated heterocycles. The molecule has 1 N–H and O–H groups in total. The Bertz CT molecular complexity index is 523. The summed E-state index contributed by atoms with van der Waals surface area (Å²) < 4.78 is 5.22. The highest BCUT2D eigenvalue weighted by Crippen LogP contribution is 2.29. The number of hydrogen-bond acceptors (Lipinski definition) is 4. The molecule has 1 atom stereocenters. The van der Waals surface area contributed by atoms with E-state index in [1.165, 1.54) is 28.7 Å². The van der Waals surface area contributed by atoms with Gasteiger partial charge in [0.1, 0.15) is 11.8 Å². The van der Waals surface area contributed by atoms with Crippen molar-refractivity contribution in [1.82, 2.24) is 4.90 Å². The fourth-order valence-corrected chi connectivity index (χ4v) is 3.18. The van der Waals surface area contributed by atoms with Crippen LogP contribution in [0.4, 0.5) is 10.5 Å². The second-order valence-electron chi connectivity index (χ2n) is 4.34. The average molecular weight is 296 g/mol. The number of ether oxygens (including phenoxy) is 1. The molecule has 6 nitrogen and oxygen atoms in total. The normalized spacial score (nSPS) is 17.9. The summed E-state index contributed by atoms with van der Waals surface area (Å²) in [6, 6.07) is 6.01. The molecule has 20 heavy (non-hydrogen) atoms. The maximum absolute atomic E-state index is 12.4. The van der Waals surface area contributed by atoms with Crippen molar-refractivity contribution in [2.45, 2.75) is 6.04 Å². The lowest BCUT2D eigenvalue weighted by molar-refractivity contribution is -0.140. The Morgan fingerprint density at radius 3 is 2.80 bits per heavy atom. The highest BCUT2D eigenvalue weighted by molar-refractivity contribution is 7.99. The molecule has 0 saturated carbocycles. The van der Waals surface area contributed by atoms with Crippen LogP contribution < -0.4 is 9.64 Å². The van der Waals surface area contributed by atoms with E-state index in [1.807, 2.05) is 6.07 Å². The second-order valence-corrected chi connectivity index (χ2v) is 5.34. The van der Waals surface area contributed by atoms with Gasteiger partial charge >= 0.3 is 12.0 Å². The number of amides is 2. The first-order valence-electron chi connectivity index (χ1n) is 6.04. The van der Waals surface area contributed by atoms with Crippen LogP contribution in [0.2, 0.25) is 0 Å². The molecular weight excluding hydrogens is 280 g/mol. The molecule has 1 unspecified atom stereocenters. The van der Waals surface area contributed by atoms with Crippen LogP contribution >= 0.6 is 11.8 Å². The van der Waals surface area contributed by atoms with Gasteiger partial charge in [-0.25, -0.2) is 9.59 Å². The van der Waals surface area contributed by atoms with E-state index in [1.54, 1.807) is 25.2 Å². The van der Waals surface area contributed by atoms with Crippen molar-refractivity contribution >= 4 is 29.4 Å². The summed E-state index contributed by atoms with van der Waals surface area (Å²) in [5, 5.41) is 9.14. The highest BCUT2D eigenvalue weighted by atomic mass is 32.2. The molecule has 1 aliphatic rings. The molecule has 7 heteroatoms. The summed E-state index contributed by atoms with van der Waals surface area (Å²) in [5.41, 5.74) is 0.612. The number of anilines is 1. The molecule has 0 bridgehead atoms. The predicted octanol–water partition coefficient (Wildman–Crippen LogP) is 1.71. The number of nitrogens with zero attached hydrogens (tertiary/aromatic N) is 2. The van der Waals surface area contributed by atoms with Crippen molar-refractivity contribution in [3.8, 4) is 5.75 Å². The largest absolute Gasteiger partial charge is 0.495 e. The third-order valence-corrected chi connectivity index (χ3v) is 4.16. The van der Waals surface area contributed by atoms with E-state index in [-0.39, 0.29) is 6.03 Å². The number of methoxy groups -OCH3 is 1. The van der Waals surface area contributed by atoms with Crippen molar-refractivity contribution < 1.29 is 19.4 Å². The van der Waals surface area contributed by atoms with Crippen LogP contribution in [0.3, 0.4) is 0 Å². The van der Waals surface area contributed by atoms with E-state index < -0.39 is 12.0 Å². The smallest absolute Gasteiger partial charge is 0.327 e. The number of aliphatic carboxylic acids is 1. The molecule has 108 valence electrons. The van der Waals surface area contributed by atoms with Gasteiger partial charge in [0, 0.05) is 12.8 Å². The van der Waals surface area contributed by atoms with Crippen LogP contribution in [0.5, 0.6) is 5.75 Å². The summed E-state index contributed by atoms with van der Waals surface area (Å²) in [7, 11) is 3.14. The van der Waals surface area contributed by atoms with Crippen LogP contribution in [0.15, 0.2) is 24.3 Å². The zero-order chi connectivity index (χ0) is 14.7. The van der Waals surface area contributed by atoms with Crippen molar-refractivity contribution in [3.63, 3.8) is 0 Å². The molecular formula is C13H16N2O4S. The van der Waals surface area contributed by atoms with Gasteiger partial charge in [-0.2, -0.15) is 0 Å². The third-order valence-electron chi connectivity index (χ3n) is 3.15. The highest BCUT2D eigenvalue weighted by Gasteiger charge is 2.36. The molecule has 0 aromatic heterocycles. The van der Waals surface area contributed by atoms with Gasteiger partial charge in [-0.15, -0.1) is 11.8 Å². The van der Waals surface area contributed by atoms with Crippen molar-refractivity contribution in [3.05, 3.63) is 24.3 Å². The van der Waals surface area contributed by atoms with Gasteiger partial charge in [0.2, 0.25) is 0 Å². The Labute approximate surface area is 121 Å². The number of carbonyl (C=O) groups is 2. The standard InChI is InChI=1S/C13H16N2O4S/c1-14(9-5-3-4-6-11(9)19-2)13(18)15-8-20-7-10(15)12(16)17/h3-6,10H,7-8H2,1-2H3,(H,16,17). The summed E-state index contributed by atoms with van der Waals surface area (Å²) >= 11 is 1.44. The van der Waals surface area contributed by atoms with Gasteiger partial charge in [-0.1, -0.05) is 12.1 Å². The molecule has 1 aromatic rings. The van der Waals surface area contributed by atoms with Gasteiger partial charge in [0.25, 0.3) is 0 Å². The molecule has 2 amide bonds. The Morgan fingerprint density at radius 2 is 2.15 bits per heavy atom. The lowest BCUT2D eigenvalue weighted by atomic mass is 10.2. The van der Waals surface area contributed by atoms with E-state index in [2.05, 4.69) is 0 Å². The second kappa shape index (κ2) is 6.04. The van der Waals surface area contributed by atoms with E-state index in [0.29, 0.717) is 23.1 Å². The number of para-hydroxylation sites is 2. The molecule has 0 radical (unpaired) electrons. The SMILES string of the molecule is COc1ccccc1N(C)C(=O)N1CSCC1C(=O)O. The Morgan fingerprint density at radius 1 is 1.45 bits per heavy atom. The Balaban J connectivity index is 2.22. The number of carbonyl (C=O) groups excluding carboxylic acids is 1. The topological polar surface area (TPSA) is 70.1 Å². The average Bonchev–Trinajstić information content (AvgIpc) is 2.95. The molecule has 0 spiro atoms. The number of urea groups is 1. The number of benzene rings is 1. The van der Waals surface area contributed by atoms with Crippen LogP contribution in [0, 0.1) is 0 Å². The minimum absolute atomic E-state index is 0.341. The summed E-state index contributed by atoms with van der Waals surface area (Å²) in [6.45, 7) is 0. The number of rotatable bonds is 3. The third kappa shape index (κ3) is 2.67. The molecule has 0 aliphatic carbocycles. The first-order valence-corrected chi connectivity index (χ1v) is 7.19.